The highest BCUT2D eigenvalue weighted by Crippen LogP contribution is 2.65. The van der Waals surface area contributed by atoms with Gasteiger partial charge in [-0.05, 0) is 55.5 Å². The first-order chi connectivity index (χ1) is 24.3. The van der Waals surface area contributed by atoms with Gasteiger partial charge in [0.25, 0.3) is 11.8 Å². The minimum atomic E-state index is -4.74. The van der Waals surface area contributed by atoms with Gasteiger partial charge in [-0.3, -0.25) is 29.5 Å². The van der Waals surface area contributed by atoms with E-state index >= 15 is 4.79 Å². The summed E-state index contributed by atoms with van der Waals surface area (Å²) in [5.41, 5.74) is 1.37. The standard InChI is InChI=1S/C36H31Cl2F3N4O6/c1-2-44-31(47)23-12-11-21-24(28(23)33(44)49)16-25-32(48)45(43-30-26(38)15-19(17-42-30)36(39,40)41)34(50)35(25,18-7-9-20(37)10-8-18)29(21)22-5-3-4-6-27(22)51-14-13-46/h3-11,15,17,23-25,28-29,46H,2,12-14,16H2,1H3,(H,42,43). The van der Waals surface area contributed by atoms with Crippen LogP contribution in [0, 0.1) is 23.7 Å². The number of aromatic nitrogens is 1. The van der Waals surface area contributed by atoms with E-state index in [-0.39, 0.29) is 50.2 Å². The van der Waals surface area contributed by atoms with E-state index in [1.54, 1.807) is 55.5 Å². The van der Waals surface area contributed by atoms with E-state index in [1.165, 1.54) is 4.90 Å². The maximum Gasteiger partial charge on any atom is 0.417 e. The number of nitrogens with one attached hydrogen (secondary N) is 1. The van der Waals surface area contributed by atoms with Gasteiger partial charge in [-0.1, -0.05) is 65.2 Å². The molecule has 2 aliphatic heterocycles. The molecule has 0 bridgehead atoms. The maximum absolute atomic E-state index is 15.2. The normalized spacial score (nSPS) is 27.3. The molecule has 3 aromatic rings. The zero-order valence-electron chi connectivity index (χ0n) is 27.0. The van der Waals surface area contributed by atoms with Crippen LogP contribution >= 0.6 is 23.2 Å². The van der Waals surface area contributed by atoms with E-state index < -0.39 is 63.6 Å². The van der Waals surface area contributed by atoms with Crippen LogP contribution in [0.25, 0.3) is 0 Å². The van der Waals surface area contributed by atoms with Crippen LogP contribution < -0.4 is 10.2 Å². The van der Waals surface area contributed by atoms with Gasteiger partial charge in [0.1, 0.15) is 12.4 Å². The number of carbonyl (C=O) groups excluding carboxylic acids is 4. The number of imide groups is 2. The molecule has 3 heterocycles. The third-order valence-corrected chi connectivity index (χ3v) is 11.1. The molecule has 7 rings (SSSR count). The first kappa shape index (κ1) is 35.0. The summed E-state index contributed by atoms with van der Waals surface area (Å²) >= 11 is 12.5. The molecule has 15 heteroatoms. The van der Waals surface area contributed by atoms with Crippen LogP contribution in [-0.2, 0) is 30.8 Å². The van der Waals surface area contributed by atoms with Crippen LogP contribution in [0.2, 0.25) is 10.0 Å². The lowest BCUT2D eigenvalue weighted by Gasteiger charge is -2.50. The molecule has 2 aliphatic carbocycles. The number of halogens is 5. The van der Waals surface area contributed by atoms with Gasteiger partial charge < -0.3 is 9.84 Å². The van der Waals surface area contributed by atoms with Crippen LogP contribution in [0.3, 0.4) is 0 Å². The van der Waals surface area contributed by atoms with Gasteiger partial charge >= 0.3 is 6.18 Å². The number of carbonyl (C=O) groups is 4. The van der Waals surface area contributed by atoms with Gasteiger partial charge in [-0.25, -0.2) is 4.98 Å². The Morgan fingerprint density at radius 2 is 1.75 bits per heavy atom. The maximum atomic E-state index is 15.2. The third-order valence-electron chi connectivity index (χ3n) is 10.5. The Labute approximate surface area is 300 Å². The molecule has 2 aromatic carbocycles. The Bertz CT molecular complexity index is 1970. The molecule has 4 amide bonds. The number of likely N-dealkylation sites (tertiary alicyclic amines) is 1. The number of allylic oxidation sites excluding steroid dienone is 2. The predicted octanol–water partition coefficient (Wildman–Crippen LogP) is 5.78. The molecule has 0 radical (unpaired) electrons. The molecule has 1 saturated carbocycles. The number of alkyl halides is 3. The third kappa shape index (κ3) is 5.39. The van der Waals surface area contributed by atoms with Gasteiger partial charge in [-0.2, -0.15) is 18.2 Å². The van der Waals surface area contributed by atoms with Gasteiger partial charge in [0, 0.05) is 29.2 Å². The summed E-state index contributed by atoms with van der Waals surface area (Å²) in [6, 6.07) is 14.0. The monoisotopic (exact) mass is 742 g/mol. The van der Waals surface area contributed by atoms with Crippen molar-refractivity contribution in [1.29, 1.82) is 0 Å². The Morgan fingerprint density at radius 1 is 1.02 bits per heavy atom. The van der Waals surface area contributed by atoms with Crippen molar-refractivity contribution in [3.63, 3.8) is 0 Å². The Balaban J connectivity index is 1.45. The van der Waals surface area contributed by atoms with Crippen molar-refractivity contribution in [2.45, 2.75) is 37.3 Å². The second-order valence-corrected chi connectivity index (χ2v) is 13.8. The molecule has 3 fully saturated rings. The number of rotatable bonds is 8. The number of hydrogen-bond acceptors (Lipinski definition) is 8. The van der Waals surface area contributed by atoms with Crippen molar-refractivity contribution < 1.29 is 42.2 Å². The molecule has 10 nitrogen and oxygen atoms in total. The highest BCUT2D eigenvalue weighted by molar-refractivity contribution is 6.33. The molecule has 1 aromatic heterocycles. The molecule has 0 spiro atoms. The molecule has 2 saturated heterocycles. The largest absolute Gasteiger partial charge is 0.491 e. The fourth-order valence-electron chi connectivity index (χ4n) is 8.51. The van der Waals surface area contributed by atoms with Gasteiger partial charge in [0.2, 0.25) is 11.8 Å². The second kappa shape index (κ2) is 12.9. The number of benzene rings is 2. The van der Waals surface area contributed by atoms with Crippen molar-refractivity contribution in [1.82, 2.24) is 14.9 Å². The minimum absolute atomic E-state index is 0.000704. The summed E-state index contributed by atoms with van der Waals surface area (Å²) in [4.78, 5) is 62.3. The summed E-state index contributed by atoms with van der Waals surface area (Å²) in [5, 5.41) is 10.3. The van der Waals surface area contributed by atoms with Crippen LogP contribution in [0.4, 0.5) is 19.0 Å². The van der Waals surface area contributed by atoms with Crippen molar-refractivity contribution in [2.75, 3.05) is 25.2 Å². The van der Waals surface area contributed by atoms with E-state index in [4.69, 9.17) is 27.9 Å². The van der Waals surface area contributed by atoms with Crippen molar-refractivity contribution in [3.8, 4) is 5.75 Å². The lowest BCUT2D eigenvalue weighted by atomic mass is 9.49. The van der Waals surface area contributed by atoms with Crippen molar-refractivity contribution >= 4 is 52.6 Å². The molecule has 6 unspecified atom stereocenters. The Hall–Kier alpha value is -4.46. The molecule has 6 atom stereocenters. The van der Waals surface area contributed by atoms with Gasteiger partial charge in [0.15, 0.2) is 5.82 Å². The number of fused-ring (bicyclic) bond motifs is 4. The lowest BCUT2D eigenvalue weighted by molar-refractivity contribution is -0.141. The van der Waals surface area contributed by atoms with Crippen LogP contribution in [0.15, 0.2) is 72.4 Å². The number of pyridine rings is 1. The highest BCUT2D eigenvalue weighted by atomic mass is 35.5. The van der Waals surface area contributed by atoms with E-state index in [0.29, 0.717) is 39.7 Å². The smallest absolute Gasteiger partial charge is 0.417 e. The molecule has 2 N–H and O–H groups in total. The van der Waals surface area contributed by atoms with E-state index in [0.717, 1.165) is 5.01 Å². The molecule has 51 heavy (non-hydrogen) atoms. The number of ether oxygens (including phenoxy) is 1. The SMILES string of the molecule is CCN1C(=O)C2CC=C3C(CC4C(=O)N(Nc5ncc(C(F)(F)F)cc5Cl)C(=O)C4(c4ccc(Cl)cc4)C3c3ccccc3OCCO)C2C1=O. The average molecular weight is 744 g/mol. The van der Waals surface area contributed by atoms with Crippen LogP contribution in [-0.4, -0.2) is 63.4 Å². The van der Waals surface area contributed by atoms with Crippen LogP contribution in [0.5, 0.6) is 5.75 Å². The number of para-hydroxylation sites is 1. The molecule has 266 valence electrons. The highest BCUT2D eigenvalue weighted by Gasteiger charge is 2.70. The minimum Gasteiger partial charge on any atom is -0.491 e. The number of nitrogens with zero attached hydrogens (tertiary/aromatic N) is 3. The number of hydrazine groups is 1. The summed E-state index contributed by atoms with van der Waals surface area (Å²) < 4.78 is 46.3. The summed E-state index contributed by atoms with van der Waals surface area (Å²) in [5.74, 6) is -6.31. The van der Waals surface area contributed by atoms with Crippen LogP contribution in [0.1, 0.15) is 42.4 Å². The molecule has 4 aliphatic rings. The van der Waals surface area contributed by atoms with E-state index in [9.17, 15) is 32.7 Å². The van der Waals surface area contributed by atoms with Crippen molar-refractivity contribution in [3.05, 3.63) is 99.2 Å². The van der Waals surface area contributed by atoms with Crippen molar-refractivity contribution in [2.24, 2.45) is 23.7 Å². The topological polar surface area (TPSA) is 129 Å². The zero-order valence-corrected chi connectivity index (χ0v) is 28.5. The fraction of sp³-hybridized carbons (Fsp3) is 0.361. The first-order valence-electron chi connectivity index (χ1n) is 16.4. The summed E-state index contributed by atoms with van der Waals surface area (Å²) in [6.45, 7) is 1.51. The number of amides is 4. The predicted molar refractivity (Wildman–Crippen MR) is 178 cm³/mol. The lowest BCUT2D eigenvalue weighted by Crippen LogP contribution is -2.53. The number of aliphatic hydroxyl groups is 1. The second-order valence-electron chi connectivity index (χ2n) is 12.9. The summed E-state index contributed by atoms with van der Waals surface area (Å²) in [6.07, 6.45) is -2.08. The molecular formula is C36H31Cl2F3N4O6. The zero-order chi connectivity index (χ0) is 36.4. The van der Waals surface area contributed by atoms with Gasteiger partial charge in [0.05, 0.1) is 40.4 Å². The average Bonchev–Trinajstić information content (AvgIpc) is 3.48. The van der Waals surface area contributed by atoms with Gasteiger partial charge in [-0.15, -0.1) is 0 Å². The number of anilines is 1. The Kier molecular flexibility index (Phi) is 8.87. The fourth-order valence-corrected chi connectivity index (χ4v) is 8.84. The molecular weight excluding hydrogens is 712 g/mol. The first-order valence-corrected chi connectivity index (χ1v) is 17.1. The van der Waals surface area contributed by atoms with E-state index in [2.05, 4.69) is 10.4 Å². The van der Waals surface area contributed by atoms with E-state index in [1.807, 2.05) is 6.08 Å². The summed E-state index contributed by atoms with van der Waals surface area (Å²) in [7, 11) is 0. The number of hydrogen-bond donors (Lipinski definition) is 2. The Morgan fingerprint density at radius 3 is 2.41 bits per heavy atom. The number of aliphatic hydroxyl groups excluding tert-OH is 1. The quantitative estimate of drug-likeness (QED) is 0.220.